The maximum atomic E-state index is 6.07. The molecule has 17 heavy (non-hydrogen) atoms. The largest absolute Gasteiger partial charge is 0.394 e. The second kappa shape index (κ2) is 6.79. The summed E-state index contributed by atoms with van der Waals surface area (Å²) < 4.78 is 1.84. The highest BCUT2D eigenvalue weighted by molar-refractivity contribution is 7.99. The molecule has 1 atom stereocenters. The van der Waals surface area contributed by atoms with Gasteiger partial charge in [0.25, 0.3) is 0 Å². The molecule has 0 aliphatic carbocycles. The molecule has 0 fully saturated rings. The van der Waals surface area contributed by atoms with Crippen molar-refractivity contribution in [3.63, 3.8) is 0 Å². The molecule has 0 saturated carbocycles. The first-order chi connectivity index (χ1) is 8.10. The second-order valence-corrected chi connectivity index (χ2v) is 5.61. The van der Waals surface area contributed by atoms with Crippen LogP contribution >= 0.6 is 11.8 Å². The number of aryl methyl sites for hydroxylation is 2. The number of hydrogen-bond acceptors (Lipinski definition) is 4. The van der Waals surface area contributed by atoms with Crippen LogP contribution in [0.3, 0.4) is 0 Å². The molecule has 0 aliphatic rings. The van der Waals surface area contributed by atoms with Crippen LogP contribution in [0.15, 0.2) is 0 Å². The number of nitrogens with one attached hydrogen (secondary N) is 1. The summed E-state index contributed by atoms with van der Waals surface area (Å²) in [5, 5.41) is 7.86. The smallest absolute Gasteiger partial charge is 0.147 e. The molecule has 1 unspecified atom stereocenters. The lowest BCUT2D eigenvalue weighted by molar-refractivity contribution is 0.713. The van der Waals surface area contributed by atoms with Crippen LogP contribution in [0.25, 0.3) is 0 Å². The van der Waals surface area contributed by atoms with Crippen molar-refractivity contribution in [1.82, 2.24) is 9.78 Å². The van der Waals surface area contributed by atoms with Crippen LogP contribution in [0.2, 0.25) is 0 Å². The highest BCUT2D eigenvalue weighted by Gasteiger charge is 2.13. The Hall–Kier alpha value is -0.840. The molecule has 1 heterocycles. The van der Waals surface area contributed by atoms with Gasteiger partial charge in [0, 0.05) is 13.1 Å². The van der Waals surface area contributed by atoms with Gasteiger partial charge in [0.05, 0.1) is 11.4 Å². The van der Waals surface area contributed by atoms with E-state index in [1.54, 1.807) is 0 Å². The van der Waals surface area contributed by atoms with Crippen molar-refractivity contribution in [2.24, 2.45) is 7.05 Å². The predicted molar refractivity (Wildman–Crippen MR) is 77.7 cm³/mol. The van der Waals surface area contributed by atoms with Gasteiger partial charge in [-0.1, -0.05) is 13.8 Å². The Bertz CT molecular complexity index is 349. The monoisotopic (exact) mass is 256 g/mol. The SMILES string of the molecule is CCSCCC(C)Nc1c(N)c(CC)nn1C. The Kier molecular flexibility index (Phi) is 5.68. The predicted octanol–water partition coefficient (Wildman–Crippen LogP) is 2.51. The summed E-state index contributed by atoms with van der Waals surface area (Å²) in [6.45, 7) is 6.45. The van der Waals surface area contributed by atoms with E-state index in [0.717, 1.165) is 30.0 Å². The average Bonchev–Trinajstić information content (AvgIpc) is 2.57. The highest BCUT2D eigenvalue weighted by atomic mass is 32.2. The van der Waals surface area contributed by atoms with Crippen molar-refractivity contribution in [3.05, 3.63) is 5.69 Å². The van der Waals surface area contributed by atoms with Crippen LogP contribution in [0.4, 0.5) is 11.5 Å². The van der Waals surface area contributed by atoms with Crippen LogP contribution in [-0.2, 0) is 13.5 Å². The van der Waals surface area contributed by atoms with Gasteiger partial charge in [-0.25, -0.2) is 0 Å². The van der Waals surface area contributed by atoms with Crippen molar-refractivity contribution < 1.29 is 0 Å². The number of rotatable bonds is 7. The van der Waals surface area contributed by atoms with Crippen LogP contribution < -0.4 is 11.1 Å². The molecule has 1 rings (SSSR count). The molecule has 0 aromatic carbocycles. The maximum absolute atomic E-state index is 6.07. The minimum atomic E-state index is 0.427. The number of aromatic nitrogens is 2. The minimum absolute atomic E-state index is 0.427. The fourth-order valence-corrected chi connectivity index (χ4v) is 2.55. The van der Waals surface area contributed by atoms with E-state index in [4.69, 9.17) is 5.73 Å². The lowest BCUT2D eigenvalue weighted by Gasteiger charge is -2.15. The van der Waals surface area contributed by atoms with Gasteiger partial charge in [0.1, 0.15) is 5.82 Å². The highest BCUT2D eigenvalue weighted by Crippen LogP contribution is 2.23. The Morgan fingerprint density at radius 1 is 1.47 bits per heavy atom. The Morgan fingerprint density at radius 3 is 2.71 bits per heavy atom. The molecule has 98 valence electrons. The summed E-state index contributed by atoms with van der Waals surface area (Å²) in [6, 6.07) is 0.427. The van der Waals surface area contributed by atoms with Crippen molar-refractivity contribution in [2.75, 3.05) is 22.6 Å². The van der Waals surface area contributed by atoms with Crippen molar-refractivity contribution in [3.8, 4) is 0 Å². The lowest BCUT2D eigenvalue weighted by Crippen LogP contribution is -2.19. The molecule has 1 aromatic rings. The summed E-state index contributed by atoms with van der Waals surface area (Å²) in [6.07, 6.45) is 2.02. The number of nitrogens with two attached hydrogens (primary N) is 1. The van der Waals surface area contributed by atoms with Crippen molar-refractivity contribution in [2.45, 2.75) is 39.7 Å². The van der Waals surface area contributed by atoms with Crippen LogP contribution in [0.1, 0.15) is 32.9 Å². The molecule has 5 heteroatoms. The van der Waals surface area contributed by atoms with E-state index >= 15 is 0 Å². The zero-order valence-electron chi connectivity index (χ0n) is 11.3. The first-order valence-electron chi connectivity index (χ1n) is 6.25. The lowest BCUT2D eigenvalue weighted by atomic mass is 10.2. The normalized spacial score (nSPS) is 12.7. The van der Waals surface area contributed by atoms with E-state index in [2.05, 4.69) is 31.2 Å². The summed E-state index contributed by atoms with van der Waals surface area (Å²) in [5.74, 6) is 3.32. The Labute approximate surface area is 108 Å². The third-order valence-corrected chi connectivity index (χ3v) is 3.71. The number of thioether (sulfide) groups is 1. The third kappa shape index (κ3) is 3.84. The Morgan fingerprint density at radius 2 is 2.18 bits per heavy atom. The number of nitrogens with zero attached hydrogens (tertiary/aromatic N) is 2. The van der Waals surface area contributed by atoms with E-state index in [9.17, 15) is 0 Å². The molecular weight excluding hydrogens is 232 g/mol. The van der Waals surface area contributed by atoms with Gasteiger partial charge in [0.15, 0.2) is 0 Å². The van der Waals surface area contributed by atoms with Crippen LogP contribution in [0.5, 0.6) is 0 Å². The average molecular weight is 256 g/mol. The molecule has 0 saturated heterocycles. The first-order valence-corrected chi connectivity index (χ1v) is 7.41. The zero-order chi connectivity index (χ0) is 12.8. The summed E-state index contributed by atoms with van der Waals surface area (Å²) in [5.41, 5.74) is 7.84. The Balaban J connectivity index is 2.58. The molecule has 0 spiro atoms. The van der Waals surface area contributed by atoms with E-state index in [-0.39, 0.29) is 0 Å². The maximum Gasteiger partial charge on any atom is 0.147 e. The quantitative estimate of drug-likeness (QED) is 0.736. The van der Waals surface area contributed by atoms with E-state index in [1.807, 2.05) is 23.5 Å². The summed E-state index contributed by atoms with van der Waals surface area (Å²) in [4.78, 5) is 0. The molecule has 3 N–H and O–H groups in total. The van der Waals surface area contributed by atoms with Gasteiger partial charge in [0.2, 0.25) is 0 Å². The van der Waals surface area contributed by atoms with Crippen LogP contribution in [-0.4, -0.2) is 27.3 Å². The fourth-order valence-electron chi connectivity index (χ4n) is 1.74. The topological polar surface area (TPSA) is 55.9 Å². The van der Waals surface area contributed by atoms with Gasteiger partial charge in [-0.05, 0) is 31.3 Å². The molecule has 0 amide bonds. The first kappa shape index (κ1) is 14.2. The third-order valence-electron chi connectivity index (χ3n) is 2.78. The van der Waals surface area contributed by atoms with Crippen molar-refractivity contribution in [1.29, 1.82) is 0 Å². The molecule has 4 nitrogen and oxygen atoms in total. The second-order valence-electron chi connectivity index (χ2n) is 4.22. The van der Waals surface area contributed by atoms with Gasteiger partial charge in [-0.2, -0.15) is 16.9 Å². The van der Waals surface area contributed by atoms with Crippen molar-refractivity contribution >= 4 is 23.3 Å². The minimum Gasteiger partial charge on any atom is -0.394 e. The van der Waals surface area contributed by atoms with E-state index in [0.29, 0.717) is 6.04 Å². The standard InChI is InChI=1S/C12H24N4S/c1-5-10-11(13)12(16(4)15-10)14-9(3)7-8-17-6-2/h9,14H,5-8,13H2,1-4H3. The molecule has 0 aliphatic heterocycles. The van der Waals surface area contributed by atoms with E-state index in [1.165, 1.54) is 11.5 Å². The molecular formula is C12H24N4S. The zero-order valence-corrected chi connectivity index (χ0v) is 12.1. The van der Waals surface area contributed by atoms with Gasteiger partial charge < -0.3 is 11.1 Å². The summed E-state index contributed by atoms with van der Waals surface area (Å²) >= 11 is 1.97. The number of nitrogen functional groups attached to an aromatic ring is 1. The van der Waals surface area contributed by atoms with Gasteiger partial charge in [-0.15, -0.1) is 0 Å². The van der Waals surface area contributed by atoms with Gasteiger partial charge in [-0.3, -0.25) is 4.68 Å². The molecule has 0 bridgehead atoms. The molecule has 0 radical (unpaired) electrons. The van der Waals surface area contributed by atoms with E-state index < -0.39 is 0 Å². The van der Waals surface area contributed by atoms with Gasteiger partial charge >= 0.3 is 0 Å². The number of hydrogen-bond donors (Lipinski definition) is 2. The molecule has 1 aromatic heterocycles. The van der Waals surface area contributed by atoms with Crippen LogP contribution in [0, 0.1) is 0 Å². The fraction of sp³-hybridized carbons (Fsp3) is 0.750. The summed E-state index contributed by atoms with van der Waals surface area (Å²) in [7, 11) is 1.94. The number of anilines is 2.